The van der Waals surface area contributed by atoms with Crippen molar-refractivity contribution < 1.29 is 23.9 Å². The fraction of sp³-hybridized carbons (Fsp3) is 0.281. The van der Waals surface area contributed by atoms with E-state index in [1.165, 1.54) is 4.90 Å². The van der Waals surface area contributed by atoms with Gasteiger partial charge in [0.15, 0.2) is 11.5 Å². The number of aromatic amines is 1. The van der Waals surface area contributed by atoms with Crippen LogP contribution in [0, 0.1) is 11.8 Å². The maximum Gasteiger partial charge on any atom is 0.250 e. The molecule has 9 nitrogen and oxygen atoms in total. The molecule has 9 heteroatoms. The molecule has 0 radical (unpaired) electrons. The molecule has 4 aliphatic rings. The van der Waals surface area contributed by atoms with Gasteiger partial charge in [-0.15, -0.1) is 0 Å². The summed E-state index contributed by atoms with van der Waals surface area (Å²) in [5.41, 5.74) is 3.52. The van der Waals surface area contributed by atoms with Crippen molar-refractivity contribution in [3.63, 3.8) is 0 Å². The summed E-state index contributed by atoms with van der Waals surface area (Å²) in [5.74, 6) is -1.60. The van der Waals surface area contributed by atoms with Crippen LogP contribution in [0.4, 0.5) is 11.4 Å². The lowest BCUT2D eigenvalue weighted by Crippen LogP contribution is -2.53. The van der Waals surface area contributed by atoms with Gasteiger partial charge in [0.1, 0.15) is 18.8 Å². The Morgan fingerprint density at radius 1 is 0.927 bits per heavy atom. The summed E-state index contributed by atoms with van der Waals surface area (Å²) in [4.78, 5) is 47.3. The molecule has 41 heavy (non-hydrogen) atoms. The first-order chi connectivity index (χ1) is 20.0. The summed E-state index contributed by atoms with van der Waals surface area (Å²) in [6.07, 6.45) is 3.14. The lowest BCUT2D eigenvalue weighted by atomic mass is 9.76. The van der Waals surface area contributed by atoms with Gasteiger partial charge in [-0.2, -0.15) is 0 Å². The minimum Gasteiger partial charge on any atom is -0.486 e. The Hall–Kier alpha value is -4.63. The topological polar surface area (TPSA) is 113 Å². The van der Waals surface area contributed by atoms with Crippen LogP contribution in [0.25, 0.3) is 10.9 Å². The van der Waals surface area contributed by atoms with E-state index in [-0.39, 0.29) is 11.8 Å². The highest BCUT2D eigenvalue weighted by molar-refractivity contribution is 6.26. The average molecular weight is 549 g/mol. The number of aryl methyl sites for hydroxylation is 1. The minimum absolute atomic E-state index is 0.296. The van der Waals surface area contributed by atoms with E-state index >= 15 is 0 Å². The molecule has 0 bridgehead atoms. The van der Waals surface area contributed by atoms with Crippen molar-refractivity contribution in [1.29, 1.82) is 0 Å². The predicted molar refractivity (Wildman–Crippen MR) is 152 cm³/mol. The van der Waals surface area contributed by atoms with Crippen LogP contribution in [-0.2, 0) is 32.8 Å². The fourth-order valence-electron chi connectivity index (χ4n) is 7.32. The number of anilines is 2. The monoisotopic (exact) mass is 548 g/mol. The molecule has 3 aromatic carbocycles. The third-order valence-corrected chi connectivity index (χ3v) is 9.12. The predicted octanol–water partition coefficient (Wildman–Crippen LogP) is 3.67. The van der Waals surface area contributed by atoms with E-state index < -0.39 is 29.3 Å². The minimum atomic E-state index is -1.36. The number of nitrogens with zero attached hydrogens (tertiary/aromatic N) is 1. The van der Waals surface area contributed by atoms with Gasteiger partial charge < -0.3 is 19.8 Å². The van der Waals surface area contributed by atoms with Crippen LogP contribution >= 0.6 is 0 Å². The molecule has 2 saturated heterocycles. The van der Waals surface area contributed by atoms with Crippen molar-refractivity contribution in [3.05, 3.63) is 83.6 Å². The van der Waals surface area contributed by atoms with E-state index in [1.54, 1.807) is 18.2 Å². The molecule has 5 heterocycles. The normalized spacial score (nSPS) is 26.1. The SMILES string of the molecule is CCc1cccc2c1NC(=O)C21NC(Cc2c[nH]c3ccccc23)[C@H]2C(=O)N(c3ccc4c(c3)OCCO4)C(=O)[C@H]21. The second-order valence-corrected chi connectivity index (χ2v) is 11.1. The molecular formula is C32H28N4O5. The largest absolute Gasteiger partial charge is 0.486 e. The number of aromatic nitrogens is 1. The lowest BCUT2D eigenvalue weighted by molar-refractivity contribution is -0.130. The standard InChI is InChI=1S/C32H28N4O5/c1-2-17-6-5-8-21-28(17)34-31(39)32(21)27-26(23(35-32)14-18-16-33-22-9-4-3-7-20(18)22)29(37)36(30(27)38)19-10-11-24-25(15-19)41-13-12-40-24/h3-11,15-16,23,26-27,33,35H,2,12-14H2,1H3,(H,34,39)/t23?,26-,27+,32?/m1/s1. The van der Waals surface area contributed by atoms with Crippen LogP contribution < -0.4 is 25.0 Å². The molecule has 4 aliphatic heterocycles. The molecular weight excluding hydrogens is 520 g/mol. The van der Waals surface area contributed by atoms with E-state index in [4.69, 9.17) is 9.47 Å². The number of hydrogen-bond donors (Lipinski definition) is 3. The Labute approximate surface area is 235 Å². The summed E-state index contributed by atoms with van der Waals surface area (Å²) in [7, 11) is 0. The quantitative estimate of drug-likeness (QED) is 0.336. The van der Waals surface area contributed by atoms with Crippen molar-refractivity contribution in [3.8, 4) is 11.5 Å². The van der Waals surface area contributed by atoms with Gasteiger partial charge in [-0.3, -0.25) is 19.7 Å². The number of ether oxygens (including phenoxy) is 2. The third kappa shape index (κ3) is 3.23. The zero-order valence-corrected chi connectivity index (χ0v) is 22.4. The van der Waals surface area contributed by atoms with E-state index in [0.29, 0.717) is 36.8 Å². The number of benzene rings is 3. The summed E-state index contributed by atoms with van der Waals surface area (Å²) in [6.45, 7) is 2.86. The summed E-state index contributed by atoms with van der Waals surface area (Å²) in [6, 6.07) is 18.4. The molecule has 4 atom stereocenters. The number of nitrogens with one attached hydrogen (secondary N) is 3. The fourth-order valence-corrected chi connectivity index (χ4v) is 7.32. The van der Waals surface area contributed by atoms with E-state index in [0.717, 1.165) is 39.7 Å². The van der Waals surface area contributed by atoms with Crippen LogP contribution in [0.2, 0.25) is 0 Å². The smallest absolute Gasteiger partial charge is 0.250 e. The Bertz CT molecular complexity index is 1780. The first-order valence-electron chi connectivity index (χ1n) is 14.0. The maximum absolute atomic E-state index is 14.4. The van der Waals surface area contributed by atoms with Crippen LogP contribution in [-0.4, -0.2) is 42.0 Å². The van der Waals surface area contributed by atoms with Gasteiger partial charge in [-0.1, -0.05) is 43.3 Å². The molecule has 2 unspecified atom stereocenters. The summed E-state index contributed by atoms with van der Waals surface area (Å²) in [5, 5.41) is 7.70. The number of fused-ring (bicyclic) bond motifs is 6. The molecule has 0 aliphatic carbocycles. The highest BCUT2D eigenvalue weighted by atomic mass is 16.6. The van der Waals surface area contributed by atoms with Gasteiger partial charge in [0.2, 0.25) is 17.7 Å². The Kier molecular flexibility index (Phi) is 5.12. The lowest BCUT2D eigenvalue weighted by Gasteiger charge is -2.30. The number of carbonyl (C=O) groups excluding carboxylic acids is 3. The van der Waals surface area contributed by atoms with E-state index in [1.807, 2.05) is 55.6 Å². The first-order valence-corrected chi connectivity index (χ1v) is 14.0. The Morgan fingerprint density at radius 2 is 1.76 bits per heavy atom. The van der Waals surface area contributed by atoms with Crippen molar-refractivity contribution >= 4 is 40.0 Å². The van der Waals surface area contributed by atoms with Gasteiger partial charge >= 0.3 is 0 Å². The number of para-hydroxylation sites is 2. The molecule has 2 fully saturated rings. The number of carbonyl (C=O) groups is 3. The van der Waals surface area contributed by atoms with Crippen molar-refractivity contribution in [2.75, 3.05) is 23.4 Å². The van der Waals surface area contributed by atoms with Crippen molar-refractivity contribution in [2.45, 2.75) is 31.3 Å². The van der Waals surface area contributed by atoms with Crippen LogP contribution in [0.3, 0.4) is 0 Å². The van der Waals surface area contributed by atoms with Gasteiger partial charge in [0, 0.05) is 40.5 Å². The number of rotatable bonds is 4. The third-order valence-electron chi connectivity index (χ3n) is 9.12. The second kappa shape index (κ2) is 8.68. The summed E-state index contributed by atoms with van der Waals surface area (Å²) >= 11 is 0. The van der Waals surface area contributed by atoms with Gasteiger partial charge in [0.05, 0.1) is 17.5 Å². The molecule has 1 aromatic heterocycles. The zero-order chi connectivity index (χ0) is 27.9. The highest BCUT2D eigenvalue weighted by Crippen LogP contribution is 2.55. The number of amides is 3. The Morgan fingerprint density at radius 3 is 2.61 bits per heavy atom. The zero-order valence-electron chi connectivity index (χ0n) is 22.4. The summed E-state index contributed by atoms with van der Waals surface area (Å²) < 4.78 is 11.4. The molecule has 1 spiro atoms. The maximum atomic E-state index is 14.4. The number of H-pyrrole nitrogens is 1. The van der Waals surface area contributed by atoms with Crippen molar-refractivity contribution in [2.24, 2.45) is 11.8 Å². The van der Waals surface area contributed by atoms with E-state index in [2.05, 4.69) is 15.6 Å². The number of hydrogen-bond acceptors (Lipinski definition) is 6. The van der Waals surface area contributed by atoms with Gasteiger partial charge in [-0.25, -0.2) is 4.90 Å². The molecule has 4 aromatic rings. The molecule has 8 rings (SSSR count). The van der Waals surface area contributed by atoms with Crippen molar-refractivity contribution in [1.82, 2.24) is 10.3 Å². The van der Waals surface area contributed by atoms with Crippen LogP contribution in [0.1, 0.15) is 23.6 Å². The van der Waals surface area contributed by atoms with E-state index in [9.17, 15) is 14.4 Å². The first kappa shape index (κ1) is 24.2. The average Bonchev–Trinajstić information content (AvgIpc) is 3.71. The molecule has 206 valence electrons. The highest BCUT2D eigenvalue weighted by Gasteiger charge is 2.70. The number of imide groups is 1. The molecule has 3 N–H and O–H groups in total. The van der Waals surface area contributed by atoms with Crippen LogP contribution in [0.5, 0.6) is 11.5 Å². The molecule has 0 saturated carbocycles. The van der Waals surface area contributed by atoms with Gasteiger partial charge in [0.25, 0.3) is 0 Å². The molecule has 3 amide bonds. The van der Waals surface area contributed by atoms with Crippen LogP contribution in [0.15, 0.2) is 66.9 Å². The van der Waals surface area contributed by atoms with Gasteiger partial charge in [-0.05, 0) is 42.2 Å². The Balaban J connectivity index is 1.27. The second-order valence-electron chi connectivity index (χ2n) is 11.1.